The van der Waals surface area contributed by atoms with E-state index in [9.17, 15) is 0 Å². The van der Waals surface area contributed by atoms with Crippen molar-refractivity contribution in [2.24, 2.45) is 5.73 Å². The van der Waals surface area contributed by atoms with Gasteiger partial charge in [0.2, 0.25) is 0 Å². The molecule has 1 heterocycles. The fourth-order valence-corrected chi connectivity index (χ4v) is 2.46. The molecule has 0 spiro atoms. The summed E-state index contributed by atoms with van der Waals surface area (Å²) in [5.74, 6) is 0.897. The zero-order valence-corrected chi connectivity index (χ0v) is 12.7. The van der Waals surface area contributed by atoms with E-state index in [1.165, 1.54) is 0 Å². The number of ether oxygens (including phenoxy) is 4. The van der Waals surface area contributed by atoms with Crippen LogP contribution in [0, 0.1) is 0 Å². The minimum atomic E-state index is -0.355. The molecule has 1 aliphatic heterocycles. The molecule has 21 heavy (non-hydrogen) atoms. The molecule has 0 saturated carbocycles. The summed E-state index contributed by atoms with van der Waals surface area (Å²) in [6.45, 7) is 3.67. The number of hydrogen-bond donors (Lipinski definition) is 1. The molecule has 0 bridgehead atoms. The Morgan fingerprint density at radius 1 is 1.10 bits per heavy atom. The van der Waals surface area contributed by atoms with Crippen molar-refractivity contribution in [3.8, 4) is 5.75 Å². The van der Waals surface area contributed by atoms with Gasteiger partial charge < -0.3 is 24.7 Å². The lowest BCUT2D eigenvalue weighted by Gasteiger charge is -2.35. The van der Waals surface area contributed by atoms with Gasteiger partial charge in [0.05, 0.1) is 38.6 Å². The minimum absolute atomic E-state index is 0.355. The van der Waals surface area contributed by atoms with Crippen LogP contribution in [0.2, 0.25) is 0 Å². The molecule has 0 aliphatic carbocycles. The van der Waals surface area contributed by atoms with Gasteiger partial charge in [0.15, 0.2) is 0 Å². The molecule has 1 atom stereocenters. The van der Waals surface area contributed by atoms with Crippen molar-refractivity contribution in [3.05, 3.63) is 29.8 Å². The first kappa shape index (κ1) is 16.2. The van der Waals surface area contributed by atoms with Crippen molar-refractivity contribution < 1.29 is 18.9 Å². The zero-order valence-electron chi connectivity index (χ0n) is 12.7. The number of methoxy groups -OCH3 is 1. The molecule has 1 aromatic carbocycles. The van der Waals surface area contributed by atoms with E-state index < -0.39 is 0 Å². The molecule has 0 radical (unpaired) electrons. The highest BCUT2D eigenvalue weighted by Crippen LogP contribution is 2.37. The number of fused-ring (bicyclic) bond motifs is 1. The van der Waals surface area contributed by atoms with Crippen LogP contribution in [0.5, 0.6) is 5.75 Å². The van der Waals surface area contributed by atoms with Crippen molar-refractivity contribution in [2.45, 2.75) is 18.4 Å². The number of benzene rings is 1. The Bertz CT molecular complexity index is 426. The van der Waals surface area contributed by atoms with Crippen LogP contribution in [0.1, 0.15) is 18.4 Å². The van der Waals surface area contributed by atoms with Gasteiger partial charge in [-0.05, 0) is 12.5 Å². The lowest BCUT2D eigenvalue weighted by atomic mass is 9.83. The monoisotopic (exact) mass is 295 g/mol. The summed E-state index contributed by atoms with van der Waals surface area (Å²) in [7, 11) is 1.66. The van der Waals surface area contributed by atoms with Gasteiger partial charge in [-0.3, -0.25) is 0 Å². The summed E-state index contributed by atoms with van der Waals surface area (Å²) < 4.78 is 21.5. The van der Waals surface area contributed by atoms with Crippen LogP contribution in [-0.2, 0) is 19.7 Å². The van der Waals surface area contributed by atoms with E-state index in [-0.39, 0.29) is 5.54 Å². The summed E-state index contributed by atoms with van der Waals surface area (Å²) >= 11 is 0. The van der Waals surface area contributed by atoms with Gasteiger partial charge in [0, 0.05) is 25.7 Å². The van der Waals surface area contributed by atoms with E-state index in [1.54, 1.807) is 7.11 Å². The first-order chi connectivity index (χ1) is 10.3. The van der Waals surface area contributed by atoms with Gasteiger partial charge in [-0.2, -0.15) is 0 Å². The average molecular weight is 295 g/mol. The molecule has 5 heteroatoms. The van der Waals surface area contributed by atoms with E-state index in [0.717, 1.165) is 24.2 Å². The minimum Gasteiger partial charge on any atom is -0.493 e. The van der Waals surface area contributed by atoms with Gasteiger partial charge >= 0.3 is 0 Å². The second kappa shape index (κ2) is 8.34. The Kier molecular flexibility index (Phi) is 6.45. The van der Waals surface area contributed by atoms with Crippen molar-refractivity contribution in [3.63, 3.8) is 0 Å². The first-order valence-electron chi connectivity index (χ1n) is 7.42. The van der Waals surface area contributed by atoms with Crippen LogP contribution >= 0.6 is 0 Å². The quantitative estimate of drug-likeness (QED) is 0.702. The summed E-state index contributed by atoms with van der Waals surface area (Å²) in [5.41, 5.74) is 7.27. The number of para-hydroxylation sites is 1. The molecular weight excluding hydrogens is 270 g/mol. The molecule has 118 valence electrons. The van der Waals surface area contributed by atoms with E-state index >= 15 is 0 Å². The summed E-state index contributed by atoms with van der Waals surface area (Å²) in [5, 5.41) is 0. The molecule has 0 amide bonds. The molecule has 2 N–H and O–H groups in total. The fourth-order valence-electron chi connectivity index (χ4n) is 2.46. The Labute approximate surface area is 126 Å². The van der Waals surface area contributed by atoms with Crippen molar-refractivity contribution in [2.75, 3.05) is 46.8 Å². The maximum absolute atomic E-state index is 6.54. The molecule has 2 rings (SSSR count). The van der Waals surface area contributed by atoms with Crippen LogP contribution < -0.4 is 10.5 Å². The third-order valence-corrected chi connectivity index (χ3v) is 3.73. The zero-order chi connectivity index (χ0) is 15.0. The predicted octanol–water partition coefficient (Wildman–Crippen LogP) is 1.69. The van der Waals surface area contributed by atoms with Crippen LogP contribution in [-0.4, -0.2) is 46.8 Å². The molecule has 1 aromatic rings. The number of rotatable bonds is 9. The summed E-state index contributed by atoms with van der Waals surface area (Å²) in [6.07, 6.45) is 1.60. The van der Waals surface area contributed by atoms with E-state index in [1.807, 2.05) is 24.3 Å². The summed E-state index contributed by atoms with van der Waals surface area (Å²) in [6, 6.07) is 7.99. The molecule has 5 nitrogen and oxygen atoms in total. The second-order valence-electron chi connectivity index (χ2n) is 5.22. The third-order valence-electron chi connectivity index (χ3n) is 3.73. The Balaban J connectivity index is 1.71. The Morgan fingerprint density at radius 2 is 1.81 bits per heavy atom. The predicted molar refractivity (Wildman–Crippen MR) is 80.6 cm³/mol. The highest BCUT2D eigenvalue weighted by Gasteiger charge is 2.33. The molecule has 1 unspecified atom stereocenters. The van der Waals surface area contributed by atoms with Crippen molar-refractivity contribution in [1.82, 2.24) is 0 Å². The smallest absolute Gasteiger partial charge is 0.124 e. The maximum Gasteiger partial charge on any atom is 0.124 e. The number of nitrogens with two attached hydrogens (primary N) is 1. The van der Waals surface area contributed by atoms with Gasteiger partial charge in [-0.1, -0.05) is 18.2 Å². The van der Waals surface area contributed by atoms with Crippen molar-refractivity contribution in [1.29, 1.82) is 0 Å². The van der Waals surface area contributed by atoms with E-state index in [4.69, 9.17) is 24.7 Å². The third kappa shape index (κ3) is 4.68. The standard InChI is InChI=1S/C16H25NO4/c1-18-10-11-20-13-12-19-8-6-16(17)7-9-21-15-5-3-2-4-14(15)16/h2-5H,6-13,17H2,1H3. The summed E-state index contributed by atoms with van der Waals surface area (Å²) in [4.78, 5) is 0. The molecule has 0 saturated heterocycles. The van der Waals surface area contributed by atoms with E-state index in [0.29, 0.717) is 39.6 Å². The largest absolute Gasteiger partial charge is 0.493 e. The lowest BCUT2D eigenvalue weighted by Crippen LogP contribution is -2.42. The van der Waals surface area contributed by atoms with Crippen LogP contribution in [0.3, 0.4) is 0 Å². The molecule has 0 fully saturated rings. The molecule has 1 aliphatic rings. The SMILES string of the molecule is COCCOCCOCCC1(N)CCOc2ccccc21. The molecule has 0 aromatic heterocycles. The lowest BCUT2D eigenvalue weighted by molar-refractivity contribution is 0.0190. The van der Waals surface area contributed by atoms with Crippen molar-refractivity contribution >= 4 is 0 Å². The highest BCUT2D eigenvalue weighted by molar-refractivity contribution is 5.40. The first-order valence-corrected chi connectivity index (χ1v) is 7.42. The van der Waals surface area contributed by atoms with Gasteiger partial charge in [0.1, 0.15) is 5.75 Å². The van der Waals surface area contributed by atoms with E-state index in [2.05, 4.69) is 0 Å². The maximum atomic E-state index is 6.54. The Morgan fingerprint density at radius 3 is 2.62 bits per heavy atom. The Hall–Kier alpha value is -1.14. The average Bonchev–Trinajstić information content (AvgIpc) is 2.50. The fraction of sp³-hybridized carbons (Fsp3) is 0.625. The normalized spacial score (nSPS) is 20.9. The van der Waals surface area contributed by atoms with Crippen LogP contribution in [0.4, 0.5) is 0 Å². The molecular formula is C16H25NO4. The van der Waals surface area contributed by atoms with Crippen LogP contribution in [0.25, 0.3) is 0 Å². The van der Waals surface area contributed by atoms with Gasteiger partial charge in [0.25, 0.3) is 0 Å². The highest BCUT2D eigenvalue weighted by atomic mass is 16.5. The van der Waals surface area contributed by atoms with Crippen LogP contribution in [0.15, 0.2) is 24.3 Å². The van der Waals surface area contributed by atoms with Gasteiger partial charge in [-0.25, -0.2) is 0 Å². The topological polar surface area (TPSA) is 62.9 Å². The number of hydrogen-bond acceptors (Lipinski definition) is 5. The second-order valence-corrected chi connectivity index (χ2v) is 5.22. The van der Waals surface area contributed by atoms with Gasteiger partial charge in [-0.15, -0.1) is 0 Å².